The Bertz CT molecular complexity index is 1110. The number of hydrogen-bond donors (Lipinski definition) is 1. The Morgan fingerprint density at radius 1 is 1.21 bits per heavy atom. The van der Waals surface area contributed by atoms with Gasteiger partial charge in [-0.15, -0.1) is 0 Å². The third kappa shape index (κ3) is 3.49. The number of aliphatic hydroxyl groups is 1. The lowest BCUT2D eigenvalue weighted by molar-refractivity contribution is -0.140. The van der Waals surface area contributed by atoms with Crippen LogP contribution in [0.3, 0.4) is 0 Å². The van der Waals surface area contributed by atoms with E-state index in [1.807, 2.05) is 6.92 Å². The fraction of sp³-hybridized carbons (Fsp3) is 0.136. The molecular formula is C22H17BrN2O4. The lowest BCUT2D eigenvalue weighted by Crippen LogP contribution is -2.29. The van der Waals surface area contributed by atoms with E-state index in [0.29, 0.717) is 17.0 Å². The summed E-state index contributed by atoms with van der Waals surface area (Å²) in [7, 11) is 0. The summed E-state index contributed by atoms with van der Waals surface area (Å²) in [5.74, 6) is -1.14. The van der Waals surface area contributed by atoms with Gasteiger partial charge in [-0.25, -0.2) is 0 Å². The number of aromatic nitrogens is 1. The highest BCUT2D eigenvalue weighted by molar-refractivity contribution is 9.10. The van der Waals surface area contributed by atoms with Crippen molar-refractivity contribution in [2.24, 2.45) is 0 Å². The van der Waals surface area contributed by atoms with Gasteiger partial charge < -0.3 is 14.4 Å². The maximum atomic E-state index is 12.9. The number of ketones is 1. The number of pyridine rings is 1. The molecule has 0 radical (unpaired) electrons. The van der Waals surface area contributed by atoms with E-state index in [2.05, 4.69) is 20.9 Å². The topological polar surface area (TPSA) is 83.6 Å². The SMILES string of the molecule is Cc1cc(/C(O)=C2/C(=O)C(=O)N(Cc3ccco3)C2c2ccccn2)ccc1Br. The first-order chi connectivity index (χ1) is 14.0. The molecule has 29 heavy (non-hydrogen) atoms. The molecule has 1 fully saturated rings. The summed E-state index contributed by atoms with van der Waals surface area (Å²) < 4.78 is 6.25. The zero-order valence-corrected chi connectivity index (χ0v) is 17.1. The van der Waals surface area contributed by atoms with Crippen LogP contribution in [0.15, 0.2) is 75.5 Å². The van der Waals surface area contributed by atoms with Crippen molar-refractivity contribution in [1.29, 1.82) is 0 Å². The Hall–Kier alpha value is -3.19. The Morgan fingerprint density at radius 3 is 2.69 bits per heavy atom. The van der Waals surface area contributed by atoms with Gasteiger partial charge in [-0.1, -0.05) is 28.1 Å². The van der Waals surface area contributed by atoms with Crippen molar-refractivity contribution in [3.63, 3.8) is 0 Å². The van der Waals surface area contributed by atoms with Gasteiger partial charge in [-0.05, 0) is 48.9 Å². The number of carbonyl (C=O) groups is 2. The number of nitrogens with zero attached hydrogens (tertiary/aromatic N) is 2. The Kier molecular flexibility index (Phi) is 5.07. The van der Waals surface area contributed by atoms with Gasteiger partial charge in [0.2, 0.25) is 0 Å². The Labute approximate surface area is 175 Å². The lowest BCUT2D eigenvalue weighted by atomic mass is 9.97. The third-order valence-corrected chi connectivity index (χ3v) is 5.74. The highest BCUT2D eigenvalue weighted by Crippen LogP contribution is 2.39. The van der Waals surface area contributed by atoms with Crippen molar-refractivity contribution < 1.29 is 19.1 Å². The molecule has 4 rings (SSSR count). The smallest absolute Gasteiger partial charge is 0.296 e. The molecule has 0 bridgehead atoms. The first-order valence-electron chi connectivity index (χ1n) is 8.95. The maximum absolute atomic E-state index is 12.9. The van der Waals surface area contributed by atoms with Crippen LogP contribution in [0, 0.1) is 6.92 Å². The first kappa shape index (κ1) is 19.1. The van der Waals surface area contributed by atoms with E-state index in [9.17, 15) is 14.7 Å². The highest BCUT2D eigenvalue weighted by Gasteiger charge is 2.47. The molecule has 7 heteroatoms. The summed E-state index contributed by atoms with van der Waals surface area (Å²) in [5, 5.41) is 11.0. The minimum atomic E-state index is -0.815. The second-order valence-electron chi connectivity index (χ2n) is 6.72. The van der Waals surface area contributed by atoms with Gasteiger partial charge in [0.1, 0.15) is 17.6 Å². The number of Topliss-reactive ketones (excluding diaryl/α,β-unsaturated/α-hetero) is 1. The number of halogens is 1. The maximum Gasteiger partial charge on any atom is 0.296 e. The van der Waals surface area contributed by atoms with Crippen molar-refractivity contribution in [2.75, 3.05) is 0 Å². The molecule has 1 unspecified atom stereocenters. The molecule has 1 N–H and O–H groups in total. The molecule has 0 spiro atoms. The zero-order chi connectivity index (χ0) is 20.5. The summed E-state index contributed by atoms with van der Waals surface area (Å²) in [5.41, 5.74) is 1.87. The molecule has 1 atom stereocenters. The minimum absolute atomic E-state index is 0.0157. The quantitative estimate of drug-likeness (QED) is 0.361. The van der Waals surface area contributed by atoms with Crippen LogP contribution >= 0.6 is 15.9 Å². The highest BCUT2D eigenvalue weighted by atomic mass is 79.9. The van der Waals surface area contributed by atoms with Gasteiger partial charge in [0, 0.05) is 16.2 Å². The van der Waals surface area contributed by atoms with Gasteiger partial charge in [-0.3, -0.25) is 14.6 Å². The fourth-order valence-corrected chi connectivity index (χ4v) is 3.65. The van der Waals surface area contributed by atoms with Crippen LogP contribution in [0.1, 0.15) is 28.6 Å². The molecule has 1 aliphatic heterocycles. The summed E-state index contributed by atoms with van der Waals surface area (Å²) >= 11 is 3.43. The van der Waals surface area contributed by atoms with Crippen LogP contribution in [0.25, 0.3) is 5.76 Å². The average molecular weight is 453 g/mol. The van der Waals surface area contributed by atoms with E-state index in [-0.39, 0.29) is 17.9 Å². The van der Waals surface area contributed by atoms with Crippen molar-refractivity contribution in [3.05, 3.63) is 93.6 Å². The molecule has 0 aliphatic carbocycles. The number of aliphatic hydroxyl groups excluding tert-OH is 1. The van der Waals surface area contributed by atoms with E-state index in [1.54, 1.807) is 54.7 Å². The van der Waals surface area contributed by atoms with Crippen LogP contribution < -0.4 is 0 Å². The number of carbonyl (C=O) groups excluding carboxylic acids is 2. The van der Waals surface area contributed by atoms with Crippen molar-refractivity contribution >= 4 is 33.4 Å². The van der Waals surface area contributed by atoms with Crippen molar-refractivity contribution in [3.8, 4) is 0 Å². The summed E-state index contributed by atoms with van der Waals surface area (Å²) in [4.78, 5) is 31.5. The monoisotopic (exact) mass is 452 g/mol. The van der Waals surface area contributed by atoms with Gasteiger partial charge >= 0.3 is 0 Å². The Balaban J connectivity index is 1.87. The van der Waals surface area contributed by atoms with Gasteiger partial charge in [0.25, 0.3) is 11.7 Å². The van der Waals surface area contributed by atoms with Gasteiger partial charge in [-0.2, -0.15) is 0 Å². The predicted molar refractivity (Wildman–Crippen MR) is 110 cm³/mol. The molecule has 0 saturated carbocycles. The molecular weight excluding hydrogens is 436 g/mol. The summed E-state index contributed by atoms with van der Waals surface area (Å²) in [6, 6.07) is 13.1. The number of furan rings is 1. The largest absolute Gasteiger partial charge is 0.507 e. The summed E-state index contributed by atoms with van der Waals surface area (Å²) in [6.45, 7) is 1.97. The van der Waals surface area contributed by atoms with Crippen LogP contribution in [0.5, 0.6) is 0 Å². The van der Waals surface area contributed by atoms with E-state index < -0.39 is 17.7 Å². The predicted octanol–water partition coefficient (Wildman–Crippen LogP) is 4.37. The molecule has 2 aromatic heterocycles. The zero-order valence-electron chi connectivity index (χ0n) is 15.5. The number of amides is 1. The molecule has 1 aliphatic rings. The van der Waals surface area contributed by atoms with Crippen LogP contribution in [-0.4, -0.2) is 26.7 Å². The number of likely N-dealkylation sites (tertiary alicyclic amines) is 1. The molecule has 1 saturated heterocycles. The standard InChI is InChI=1S/C22H17BrN2O4/c1-13-11-14(7-8-16(13)23)20(26)18-19(17-6-2-3-9-24-17)25(22(28)21(18)27)12-15-5-4-10-29-15/h2-11,19,26H,12H2,1H3/b20-18-. The number of rotatable bonds is 4. The number of aryl methyl sites for hydroxylation is 1. The number of benzene rings is 1. The molecule has 3 aromatic rings. The Morgan fingerprint density at radius 2 is 2.03 bits per heavy atom. The second kappa shape index (κ2) is 7.67. The van der Waals surface area contributed by atoms with E-state index >= 15 is 0 Å². The normalized spacial score (nSPS) is 18.4. The second-order valence-corrected chi connectivity index (χ2v) is 7.58. The van der Waals surface area contributed by atoms with Crippen LogP contribution in [-0.2, 0) is 16.1 Å². The molecule has 3 heterocycles. The number of hydrogen-bond acceptors (Lipinski definition) is 5. The molecule has 6 nitrogen and oxygen atoms in total. The fourth-order valence-electron chi connectivity index (χ4n) is 3.41. The molecule has 1 amide bonds. The summed E-state index contributed by atoms with van der Waals surface area (Å²) in [6.07, 6.45) is 3.10. The van der Waals surface area contributed by atoms with Crippen LogP contribution in [0.2, 0.25) is 0 Å². The first-order valence-corrected chi connectivity index (χ1v) is 9.75. The third-order valence-electron chi connectivity index (χ3n) is 4.85. The lowest BCUT2D eigenvalue weighted by Gasteiger charge is -2.23. The minimum Gasteiger partial charge on any atom is -0.507 e. The van der Waals surface area contributed by atoms with E-state index in [0.717, 1.165) is 10.0 Å². The molecule has 146 valence electrons. The van der Waals surface area contributed by atoms with Gasteiger partial charge in [0.15, 0.2) is 0 Å². The average Bonchev–Trinajstić information content (AvgIpc) is 3.32. The van der Waals surface area contributed by atoms with Crippen molar-refractivity contribution in [1.82, 2.24) is 9.88 Å². The van der Waals surface area contributed by atoms with E-state index in [4.69, 9.17) is 4.42 Å². The van der Waals surface area contributed by atoms with Gasteiger partial charge in [0.05, 0.1) is 24.1 Å². The van der Waals surface area contributed by atoms with E-state index in [1.165, 1.54) is 11.2 Å². The van der Waals surface area contributed by atoms with Crippen molar-refractivity contribution in [2.45, 2.75) is 19.5 Å². The van der Waals surface area contributed by atoms with Crippen LogP contribution in [0.4, 0.5) is 0 Å². The molecule has 1 aromatic carbocycles.